The molecule has 31 heavy (non-hydrogen) atoms. The maximum Gasteiger partial charge on any atom is 0.355 e. The topological polar surface area (TPSA) is 39.8 Å². The first-order valence-electron chi connectivity index (χ1n) is 10.2. The number of para-hydroxylation sites is 2. The highest BCUT2D eigenvalue weighted by molar-refractivity contribution is 5.73. The van der Waals surface area contributed by atoms with E-state index in [0.717, 1.165) is 28.1 Å². The molecule has 0 amide bonds. The van der Waals surface area contributed by atoms with Gasteiger partial charge in [0.1, 0.15) is 0 Å². The lowest BCUT2D eigenvalue weighted by molar-refractivity contribution is 0.831. The highest BCUT2D eigenvalue weighted by Crippen LogP contribution is 2.28. The summed E-state index contributed by atoms with van der Waals surface area (Å²) in [7, 11) is 0. The molecule has 0 atom stereocenters. The Hall–Kier alpha value is -4.18. The van der Waals surface area contributed by atoms with Crippen LogP contribution in [-0.4, -0.2) is 14.3 Å². The summed E-state index contributed by atoms with van der Waals surface area (Å²) in [6.07, 6.45) is 0. The summed E-state index contributed by atoms with van der Waals surface area (Å²) in [6.45, 7) is 2.07. The Labute approximate surface area is 180 Å². The second kappa shape index (κ2) is 7.92. The Morgan fingerprint density at radius 3 is 2.06 bits per heavy atom. The number of rotatable bonds is 4. The molecule has 0 saturated carbocycles. The van der Waals surface area contributed by atoms with E-state index in [1.165, 1.54) is 10.2 Å². The van der Waals surface area contributed by atoms with Crippen molar-refractivity contribution in [3.8, 4) is 33.9 Å². The van der Waals surface area contributed by atoms with E-state index in [9.17, 15) is 4.79 Å². The van der Waals surface area contributed by atoms with Crippen LogP contribution < -0.4 is 5.69 Å². The minimum atomic E-state index is -0.204. The van der Waals surface area contributed by atoms with Gasteiger partial charge in [0.05, 0.1) is 11.4 Å². The van der Waals surface area contributed by atoms with Crippen LogP contribution in [0.2, 0.25) is 0 Å². The molecule has 0 spiro atoms. The average molecular weight is 403 g/mol. The van der Waals surface area contributed by atoms with E-state index in [0.29, 0.717) is 5.82 Å². The molecule has 4 aromatic carbocycles. The smallest absolute Gasteiger partial charge is 0.245 e. The summed E-state index contributed by atoms with van der Waals surface area (Å²) in [5, 5.41) is 4.80. The molecule has 0 unspecified atom stereocenters. The van der Waals surface area contributed by atoms with Gasteiger partial charge in [0.15, 0.2) is 5.82 Å². The molecular formula is C27H21N3O. The summed E-state index contributed by atoms with van der Waals surface area (Å²) in [4.78, 5) is 13.7. The van der Waals surface area contributed by atoms with Gasteiger partial charge in [-0.05, 0) is 30.7 Å². The van der Waals surface area contributed by atoms with Crippen LogP contribution in [0, 0.1) is 6.92 Å². The number of aryl methyl sites for hydroxylation is 1. The van der Waals surface area contributed by atoms with Gasteiger partial charge in [0, 0.05) is 11.1 Å². The molecule has 150 valence electrons. The van der Waals surface area contributed by atoms with Gasteiger partial charge in [-0.25, -0.2) is 9.36 Å². The second-order valence-electron chi connectivity index (χ2n) is 7.44. The Kier molecular flexibility index (Phi) is 4.81. The lowest BCUT2D eigenvalue weighted by Gasteiger charge is -2.09. The number of hydrogen-bond donors (Lipinski definition) is 0. The van der Waals surface area contributed by atoms with Crippen LogP contribution in [0.5, 0.6) is 0 Å². The molecule has 1 aromatic heterocycles. The van der Waals surface area contributed by atoms with Crippen molar-refractivity contribution >= 4 is 0 Å². The Balaban J connectivity index is 1.78. The highest BCUT2D eigenvalue weighted by Gasteiger charge is 2.19. The van der Waals surface area contributed by atoms with Crippen LogP contribution in [0.1, 0.15) is 5.56 Å². The quantitative estimate of drug-likeness (QED) is 0.388. The van der Waals surface area contributed by atoms with Crippen molar-refractivity contribution in [2.75, 3.05) is 0 Å². The van der Waals surface area contributed by atoms with Crippen molar-refractivity contribution in [2.45, 2.75) is 6.92 Å². The molecule has 0 aliphatic carbocycles. The van der Waals surface area contributed by atoms with Gasteiger partial charge >= 0.3 is 5.69 Å². The van der Waals surface area contributed by atoms with Gasteiger partial charge in [-0.3, -0.25) is 0 Å². The van der Waals surface area contributed by atoms with Gasteiger partial charge in [-0.15, -0.1) is 5.10 Å². The Morgan fingerprint density at radius 2 is 1.32 bits per heavy atom. The molecule has 0 saturated heterocycles. The van der Waals surface area contributed by atoms with Gasteiger partial charge < -0.3 is 0 Å². The predicted molar refractivity (Wildman–Crippen MR) is 125 cm³/mol. The van der Waals surface area contributed by atoms with Crippen LogP contribution >= 0.6 is 0 Å². The van der Waals surface area contributed by atoms with Gasteiger partial charge in [0.25, 0.3) is 0 Å². The van der Waals surface area contributed by atoms with Crippen molar-refractivity contribution in [3.63, 3.8) is 0 Å². The van der Waals surface area contributed by atoms with Crippen molar-refractivity contribution in [1.29, 1.82) is 0 Å². The zero-order valence-corrected chi connectivity index (χ0v) is 17.1. The summed E-state index contributed by atoms with van der Waals surface area (Å²) < 4.78 is 3.18. The minimum Gasteiger partial charge on any atom is -0.245 e. The molecule has 0 aliphatic heterocycles. The van der Waals surface area contributed by atoms with Gasteiger partial charge in [-0.1, -0.05) is 96.6 Å². The molecule has 4 heteroatoms. The maximum atomic E-state index is 13.7. The first-order valence-corrected chi connectivity index (χ1v) is 10.2. The molecular weight excluding hydrogens is 382 g/mol. The molecule has 0 radical (unpaired) electrons. The molecule has 5 aromatic rings. The number of benzene rings is 4. The zero-order valence-electron chi connectivity index (χ0n) is 17.1. The lowest BCUT2D eigenvalue weighted by Crippen LogP contribution is -2.23. The molecule has 5 rings (SSSR count). The summed E-state index contributed by atoms with van der Waals surface area (Å²) in [5.74, 6) is 0.607. The van der Waals surface area contributed by atoms with E-state index >= 15 is 0 Å². The van der Waals surface area contributed by atoms with Crippen molar-refractivity contribution in [1.82, 2.24) is 14.3 Å². The van der Waals surface area contributed by atoms with E-state index in [1.54, 1.807) is 4.57 Å². The van der Waals surface area contributed by atoms with E-state index in [2.05, 4.69) is 25.1 Å². The summed E-state index contributed by atoms with van der Waals surface area (Å²) in [6, 6.07) is 35.6. The summed E-state index contributed by atoms with van der Waals surface area (Å²) in [5.41, 5.74) is 5.40. The minimum absolute atomic E-state index is 0.204. The third kappa shape index (κ3) is 3.49. The van der Waals surface area contributed by atoms with Crippen LogP contribution in [0.3, 0.4) is 0 Å². The van der Waals surface area contributed by atoms with E-state index in [4.69, 9.17) is 5.10 Å². The fourth-order valence-electron chi connectivity index (χ4n) is 3.82. The molecule has 0 bridgehead atoms. The van der Waals surface area contributed by atoms with Crippen molar-refractivity contribution < 1.29 is 0 Å². The molecule has 0 N–H and O–H groups in total. The first kappa shape index (κ1) is 18.8. The lowest BCUT2D eigenvalue weighted by atomic mass is 10.0. The number of hydrogen-bond acceptors (Lipinski definition) is 2. The van der Waals surface area contributed by atoms with Crippen LogP contribution in [-0.2, 0) is 0 Å². The standard InChI is InChI=1S/C27H21N3O/c1-20-11-10-14-22(19-20)24-17-8-9-18-25(24)30-27(31)29(23-15-6-3-7-16-23)26(28-30)21-12-4-2-5-13-21/h2-19H,1H3. The average Bonchev–Trinajstić information content (AvgIpc) is 3.17. The predicted octanol–water partition coefficient (Wildman–Crippen LogP) is 5.67. The molecule has 0 aliphatic rings. The second-order valence-corrected chi connectivity index (χ2v) is 7.44. The molecule has 0 fully saturated rings. The fraction of sp³-hybridized carbons (Fsp3) is 0.0370. The van der Waals surface area contributed by atoms with Crippen molar-refractivity contribution in [2.24, 2.45) is 0 Å². The van der Waals surface area contributed by atoms with Crippen LogP contribution in [0.25, 0.3) is 33.9 Å². The highest BCUT2D eigenvalue weighted by atomic mass is 16.2. The molecule has 1 heterocycles. The zero-order chi connectivity index (χ0) is 21.2. The Morgan fingerprint density at radius 1 is 0.677 bits per heavy atom. The third-order valence-electron chi connectivity index (χ3n) is 5.29. The molecule has 4 nitrogen and oxygen atoms in total. The van der Waals surface area contributed by atoms with Gasteiger partial charge in [-0.2, -0.15) is 4.68 Å². The van der Waals surface area contributed by atoms with E-state index < -0.39 is 0 Å². The number of aromatic nitrogens is 3. The monoisotopic (exact) mass is 403 g/mol. The largest absolute Gasteiger partial charge is 0.355 e. The SMILES string of the molecule is Cc1cccc(-c2ccccc2-n2nc(-c3ccccc3)n(-c3ccccc3)c2=O)c1. The van der Waals surface area contributed by atoms with Crippen LogP contribution in [0.4, 0.5) is 0 Å². The van der Waals surface area contributed by atoms with Gasteiger partial charge in [0.2, 0.25) is 0 Å². The van der Waals surface area contributed by atoms with Crippen LogP contribution in [0.15, 0.2) is 114 Å². The fourth-order valence-corrected chi connectivity index (χ4v) is 3.82. The third-order valence-corrected chi connectivity index (χ3v) is 5.29. The Bertz CT molecular complexity index is 1400. The first-order chi connectivity index (χ1) is 15.2. The van der Waals surface area contributed by atoms with E-state index in [-0.39, 0.29) is 5.69 Å². The summed E-state index contributed by atoms with van der Waals surface area (Å²) >= 11 is 0. The number of nitrogens with zero attached hydrogens (tertiary/aromatic N) is 3. The maximum absolute atomic E-state index is 13.7. The normalized spacial score (nSPS) is 10.9. The van der Waals surface area contributed by atoms with E-state index in [1.807, 2.05) is 91.0 Å². The van der Waals surface area contributed by atoms with Crippen molar-refractivity contribution in [3.05, 3.63) is 125 Å².